The fourth-order valence-corrected chi connectivity index (χ4v) is 3.06. The Balaban J connectivity index is 1.61. The molecular weight excluding hydrogens is 352 g/mol. The zero-order chi connectivity index (χ0) is 19.7. The van der Waals surface area contributed by atoms with E-state index in [4.69, 9.17) is 0 Å². The molecule has 0 saturated heterocycles. The van der Waals surface area contributed by atoms with Crippen LogP contribution in [-0.2, 0) is 0 Å². The van der Waals surface area contributed by atoms with E-state index >= 15 is 0 Å². The number of nitrogens with zero attached hydrogens (tertiary/aromatic N) is 4. The molecule has 0 atom stereocenters. The minimum absolute atomic E-state index is 0.242. The molecule has 4 rings (SSSR count). The molecule has 0 aliphatic carbocycles. The highest BCUT2D eigenvalue weighted by molar-refractivity contribution is 5.96. The van der Waals surface area contributed by atoms with Gasteiger partial charge in [0.05, 0.1) is 17.3 Å². The van der Waals surface area contributed by atoms with Crippen LogP contribution in [-0.4, -0.2) is 25.7 Å². The van der Waals surface area contributed by atoms with Gasteiger partial charge in [0.25, 0.3) is 5.91 Å². The van der Waals surface area contributed by atoms with Crippen molar-refractivity contribution in [2.45, 2.75) is 20.8 Å². The predicted octanol–water partition coefficient (Wildman–Crippen LogP) is 3.50. The van der Waals surface area contributed by atoms with Crippen molar-refractivity contribution in [1.29, 1.82) is 0 Å². The highest BCUT2D eigenvalue weighted by Gasteiger charge is 2.13. The fourth-order valence-electron chi connectivity index (χ4n) is 3.06. The largest absolute Gasteiger partial charge is 0.281 e. The molecular formula is C21H20N6O. The third-order valence-electron chi connectivity index (χ3n) is 4.55. The van der Waals surface area contributed by atoms with E-state index in [1.54, 1.807) is 23.0 Å². The summed E-state index contributed by atoms with van der Waals surface area (Å²) in [6.45, 7) is 6.07. The number of hydrogen-bond donors (Lipinski definition) is 2. The second-order valence-electron chi connectivity index (χ2n) is 6.75. The summed E-state index contributed by atoms with van der Waals surface area (Å²) in [5.74, 6) is 0.245. The Kier molecular flexibility index (Phi) is 4.49. The van der Waals surface area contributed by atoms with Crippen molar-refractivity contribution in [3.05, 3.63) is 77.2 Å². The van der Waals surface area contributed by atoms with Gasteiger partial charge in [-0.25, -0.2) is 14.6 Å². The van der Waals surface area contributed by atoms with Crippen molar-refractivity contribution in [3.8, 4) is 5.69 Å². The Morgan fingerprint density at radius 1 is 0.964 bits per heavy atom. The number of hydrogen-bond acceptors (Lipinski definition) is 5. The Hall–Kier alpha value is -3.74. The number of fused-ring (bicyclic) bond motifs is 1. The monoisotopic (exact) mass is 372 g/mol. The maximum absolute atomic E-state index is 12.3. The maximum atomic E-state index is 12.3. The van der Waals surface area contributed by atoms with Gasteiger partial charge in [-0.2, -0.15) is 5.10 Å². The van der Waals surface area contributed by atoms with E-state index in [2.05, 4.69) is 38.9 Å². The molecule has 0 spiro atoms. The summed E-state index contributed by atoms with van der Waals surface area (Å²) in [4.78, 5) is 20.9. The van der Waals surface area contributed by atoms with Gasteiger partial charge in [-0.1, -0.05) is 35.4 Å². The molecule has 2 heterocycles. The molecule has 0 aliphatic heterocycles. The third kappa shape index (κ3) is 3.29. The Labute approximate surface area is 162 Å². The van der Waals surface area contributed by atoms with Gasteiger partial charge in [-0.05, 0) is 44.5 Å². The molecule has 140 valence electrons. The second-order valence-corrected chi connectivity index (χ2v) is 6.75. The predicted molar refractivity (Wildman–Crippen MR) is 108 cm³/mol. The standard InChI is InChI=1S/C21H20N6O/c1-13-4-7-16(8-5-13)21(28)26-25-19-17-11-24-27(20(17)23-12-22-19)18-9-6-14(2)10-15(18)3/h4-12H,1-3H3,(H,26,28)(H,22,23,25). The van der Waals surface area contributed by atoms with Gasteiger partial charge in [0.15, 0.2) is 11.5 Å². The summed E-state index contributed by atoms with van der Waals surface area (Å²) in [6, 6.07) is 13.5. The van der Waals surface area contributed by atoms with Gasteiger partial charge in [0.1, 0.15) is 6.33 Å². The van der Waals surface area contributed by atoms with Crippen molar-refractivity contribution in [2.24, 2.45) is 0 Å². The molecule has 0 unspecified atom stereocenters. The lowest BCUT2D eigenvalue weighted by Crippen LogP contribution is -2.29. The summed E-state index contributed by atoms with van der Waals surface area (Å²) in [5.41, 5.74) is 11.1. The minimum atomic E-state index is -0.242. The van der Waals surface area contributed by atoms with Crippen LogP contribution < -0.4 is 10.9 Å². The third-order valence-corrected chi connectivity index (χ3v) is 4.55. The van der Waals surface area contributed by atoms with Gasteiger partial charge in [-0.3, -0.25) is 15.6 Å². The molecule has 4 aromatic rings. The van der Waals surface area contributed by atoms with Gasteiger partial charge in [0.2, 0.25) is 0 Å². The van der Waals surface area contributed by atoms with E-state index in [1.807, 2.05) is 38.1 Å². The Morgan fingerprint density at radius 3 is 2.46 bits per heavy atom. The maximum Gasteiger partial charge on any atom is 0.269 e. The van der Waals surface area contributed by atoms with Gasteiger partial charge in [0, 0.05) is 5.56 Å². The first kappa shape index (κ1) is 17.7. The van der Waals surface area contributed by atoms with Crippen LogP contribution in [0, 0.1) is 20.8 Å². The van der Waals surface area contributed by atoms with Gasteiger partial charge >= 0.3 is 0 Å². The molecule has 0 fully saturated rings. The number of nitrogens with one attached hydrogen (secondary N) is 2. The normalized spacial score (nSPS) is 10.8. The Morgan fingerprint density at radius 2 is 1.71 bits per heavy atom. The van der Waals surface area contributed by atoms with E-state index in [1.165, 1.54) is 11.9 Å². The molecule has 2 N–H and O–H groups in total. The van der Waals surface area contributed by atoms with Gasteiger partial charge in [-0.15, -0.1) is 0 Å². The van der Waals surface area contributed by atoms with Crippen LogP contribution in [0.1, 0.15) is 27.0 Å². The fraction of sp³-hybridized carbons (Fsp3) is 0.143. The lowest BCUT2D eigenvalue weighted by Gasteiger charge is -2.10. The van der Waals surface area contributed by atoms with Crippen molar-refractivity contribution in [1.82, 2.24) is 25.2 Å². The van der Waals surface area contributed by atoms with Crippen LogP contribution >= 0.6 is 0 Å². The van der Waals surface area contributed by atoms with E-state index in [0.29, 0.717) is 22.4 Å². The smallest absolute Gasteiger partial charge is 0.269 e. The van der Waals surface area contributed by atoms with Crippen LogP contribution in [0.4, 0.5) is 5.82 Å². The molecule has 7 nitrogen and oxygen atoms in total. The van der Waals surface area contributed by atoms with E-state index in [0.717, 1.165) is 16.8 Å². The minimum Gasteiger partial charge on any atom is -0.281 e. The number of carbonyl (C=O) groups is 1. The van der Waals surface area contributed by atoms with E-state index in [-0.39, 0.29) is 5.91 Å². The van der Waals surface area contributed by atoms with Crippen LogP contribution in [0.25, 0.3) is 16.7 Å². The Bertz CT molecular complexity index is 1160. The topological polar surface area (TPSA) is 84.7 Å². The highest BCUT2D eigenvalue weighted by atomic mass is 16.2. The number of aromatic nitrogens is 4. The summed E-state index contributed by atoms with van der Waals surface area (Å²) < 4.78 is 1.78. The van der Waals surface area contributed by atoms with Crippen LogP contribution in [0.3, 0.4) is 0 Å². The number of carbonyl (C=O) groups excluding carboxylic acids is 1. The first-order valence-corrected chi connectivity index (χ1v) is 8.92. The summed E-state index contributed by atoms with van der Waals surface area (Å²) in [7, 11) is 0. The average molecular weight is 372 g/mol. The summed E-state index contributed by atoms with van der Waals surface area (Å²) in [5, 5.41) is 5.19. The number of anilines is 1. The number of amides is 1. The molecule has 0 radical (unpaired) electrons. The first-order valence-electron chi connectivity index (χ1n) is 8.92. The lowest BCUT2D eigenvalue weighted by atomic mass is 10.1. The number of hydrazine groups is 1. The molecule has 0 bridgehead atoms. The van der Waals surface area contributed by atoms with Gasteiger partial charge < -0.3 is 0 Å². The molecule has 2 aromatic carbocycles. The summed E-state index contributed by atoms with van der Waals surface area (Å²) >= 11 is 0. The van der Waals surface area contributed by atoms with Crippen molar-refractivity contribution >= 4 is 22.8 Å². The average Bonchev–Trinajstić information content (AvgIpc) is 3.11. The van der Waals surface area contributed by atoms with Crippen molar-refractivity contribution < 1.29 is 4.79 Å². The van der Waals surface area contributed by atoms with Crippen molar-refractivity contribution in [3.63, 3.8) is 0 Å². The molecule has 1 amide bonds. The number of aryl methyl sites for hydroxylation is 3. The molecule has 2 aromatic heterocycles. The van der Waals surface area contributed by atoms with Crippen LogP contribution in [0.15, 0.2) is 55.0 Å². The highest BCUT2D eigenvalue weighted by Crippen LogP contribution is 2.23. The first-order chi connectivity index (χ1) is 13.5. The zero-order valence-corrected chi connectivity index (χ0v) is 15.9. The molecule has 0 aliphatic rings. The van der Waals surface area contributed by atoms with Crippen molar-refractivity contribution in [2.75, 3.05) is 5.43 Å². The number of rotatable bonds is 4. The van der Waals surface area contributed by atoms with E-state index in [9.17, 15) is 4.79 Å². The molecule has 7 heteroatoms. The lowest BCUT2D eigenvalue weighted by molar-refractivity contribution is 0.0962. The summed E-state index contributed by atoms with van der Waals surface area (Å²) in [6.07, 6.45) is 3.14. The SMILES string of the molecule is Cc1ccc(C(=O)NNc2ncnc3c2cnn3-c2ccc(C)cc2C)cc1. The quantitative estimate of drug-likeness (QED) is 0.536. The second kappa shape index (κ2) is 7.11. The number of benzene rings is 2. The van der Waals surface area contributed by atoms with E-state index < -0.39 is 0 Å². The van der Waals surface area contributed by atoms with Crippen LogP contribution in [0.5, 0.6) is 0 Å². The molecule has 28 heavy (non-hydrogen) atoms. The molecule has 0 saturated carbocycles. The van der Waals surface area contributed by atoms with Crippen LogP contribution in [0.2, 0.25) is 0 Å². The zero-order valence-electron chi connectivity index (χ0n) is 15.9.